The number of anilines is 1. The van der Waals surface area contributed by atoms with E-state index in [-0.39, 0.29) is 0 Å². The zero-order chi connectivity index (χ0) is 14.6. The maximum atomic E-state index is 11.7. The molecule has 0 radical (unpaired) electrons. The molecule has 1 heterocycles. The normalized spacial score (nSPS) is 11.5. The minimum Gasteiger partial charge on any atom is -0.444 e. The summed E-state index contributed by atoms with van der Waals surface area (Å²) in [7, 11) is 3.92. The van der Waals surface area contributed by atoms with Gasteiger partial charge in [0.05, 0.1) is 5.69 Å². The molecule has 0 saturated heterocycles. The lowest BCUT2D eigenvalue weighted by atomic mass is 10.2. The first-order valence-corrected chi connectivity index (χ1v) is 6.76. The van der Waals surface area contributed by atoms with Crippen LogP contribution in [0.25, 0.3) is 0 Å². The fraction of sp³-hybridized carbons (Fsp3) is 0.538. The summed E-state index contributed by atoms with van der Waals surface area (Å²) in [4.78, 5) is 18.0. The molecule has 19 heavy (non-hydrogen) atoms. The molecule has 6 heteroatoms. The molecule has 106 valence electrons. The minimum atomic E-state index is -0.525. The third-order valence-corrected chi connectivity index (χ3v) is 2.41. The third kappa shape index (κ3) is 6.54. The largest absolute Gasteiger partial charge is 0.444 e. The second kappa shape index (κ2) is 6.34. The van der Waals surface area contributed by atoms with Crippen LogP contribution in [-0.2, 0) is 11.3 Å². The molecule has 0 aliphatic carbocycles. The highest BCUT2D eigenvalue weighted by atomic mass is 79.9. The molecule has 1 rings (SSSR count). The monoisotopic (exact) mass is 329 g/mol. The molecule has 0 saturated carbocycles. The molecule has 1 aromatic heterocycles. The van der Waals surface area contributed by atoms with Gasteiger partial charge in [-0.1, -0.05) is 15.9 Å². The standard InChI is InChI=1S/C13H20BrN3O2/c1-13(2,3)19-12(18)16-11-7-9(14)6-10(15-11)8-17(4)5/h6-7H,8H2,1-5H3,(H,15,16,18). The Morgan fingerprint density at radius 3 is 2.58 bits per heavy atom. The van der Waals surface area contributed by atoms with Gasteiger partial charge in [-0.25, -0.2) is 9.78 Å². The average Bonchev–Trinajstić information content (AvgIpc) is 2.10. The van der Waals surface area contributed by atoms with Gasteiger partial charge in [0.25, 0.3) is 0 Å². The zero-order valence-electron chi connectivity index (χ0n) is 12.0. The number of pyridine rings is 1. The van der Waals surface area contributed by atoms with Gasteiger partial charge in [0, 0.05) is 11.0 Å². The quantitative estimate of drug-likeness (QED) is 0.924. The highest BCUT2D eigenvalue weighted by molar-refractivity contribution is 9.10. The number of halogens is 1. The molecule has 5 nitrogen and oxygen atoms in total. The van der Waals surface area contributed by atoms with Gasteiger partial charge in [-0.15, -0.1) is 0 Å². The van der Waals surface area contributed by atoms with E-state index in [0.717, 1.165) is 10.2 Å². The SMILES string of the molecule is CN(C)Cc1cc(Br)cc(NC(=O)OC(C)(C)C)n1. The Kier molecular flexibility index (Phi) is 5.31. The first-order chi connectivity index (χ1) is 8.65. The van der Waals surface area contributed by atoms with Gasteiger partial charge in [0.2, 0.25) is 0 Å². The topological polar surface area (TPSA) is 54.5 Å². The summed E-state index contributed by atoms with van der Waals surface area (Å²) in [5, 5.41) is 2.63. The molecule has 1 N–H and O–H groups in total. The van der Waals surface area contributed by atoms with E-state index in [9.17, 15) is 4.79 Å². The molecular formula is C13H20BrN3O2. The van der Waals surface area contributed by atoms with Crippen molar-refractivity contribution in [2.24, 2.45) is 0 Å². The van der Waals surface area contributed by atoms with E-state index in [1.807, 2.05) is 45.8 Å². The maximum absolute atomic E-state index is 11.7. The lowest BCUT2D eigenvalue weighted by Crippen LogP contribution is -2.27. The second-order valence-corrected chi connectivity index (χ2v) is 6.44. The second-order valence-electron chi connectivity index (χ2n) is 5.53. The first kappa shape index (κ1) is 15.9. The van der Waals surface area contributed by atoms with E-state index >= 15 is 0 Å². The van der Waals surface area contributed by atoms with Crippen molar-refractivity contribution in [3.05, 3.63) is 22.3 Å². The van der Waals surface area contributed by atoms with Crippen LogP contribution in [0.1, 0.15) is 26.5 Å². The van der Waals surface area contributed by atoms with Gasteiger partial charge in [-0.2, -0.15) is 0 Å². The Hall–Kier alpha value is -1.14. The summed E-state index contributed by atoms with van der Waals surface area (Å²) in [5.74, 6) is 0.473. The van der Waals surface area contributed by atoms with Crippen molar-refractivity contribution >= 4 is 27.8 Å². The number of amides is 1. The molecule has 1 amide bonds. The van der Waals surface area contributed by atoms with Crippen LogP contribution in [0.3, 0.4) is 0 Å². The van der Waals surface area contributed by atoms with Gasteiger partial charge < -0.3 is 9.64 Å². The van der Waals surface area contributed by atoms with Crippen LogP contribution in [0.2, 0.25) is 0 Å². The van der Waals surface area contributed by atoms with E-state index in [1.54, 1.807) is 6.07 Å². The van der Waals surface area contributed by atoms with Gasteiger partial charge in [0.1, 0.15) is 11.4 Å². The summed E-state index contributed by atoms with van der Waals surface area (Å²) < 4.78 is 6.05. The molecular weight excluding hydrogens is 310 g/mol. The van der Waals surface area contributed by atoms with Crippen LogP contribution in [0.4, 0.5) is 10.6 Å². The van der Waals surface area contributed by atoms with Crippen molar-refractivity contribution in [1.82, 2.24) is 9.88 Å². The highest BCUT2D eigenvalue weighted by Crippen LogP contribution is 2.18. The van der Waals surface area contributed by atoms with Crippen LogP contribution in [0, 0.1) is 0 Å². The Morgan fingerprint density at radius 2 is 2.05 bits per heavy atom. The summed E-state index contributed by atoms with van der Waals surface area (Å²) in [6, 6.07) is 3.66. The number of aromatic nitrogens is 1. The first-order valence-electron chi connectivity index (χ1n) is 5.97. The lowest BCUT2D eigenvalue weighted by molar-refractivity contribution is 0.0635. The maximum Gasteiger partial charge on any atom is 0.413 e. The van der Waals surface area contributed by atoms with Crippen molar-refractivity contribution in [3.63, 3.8) is 0 Å². The van der Waals surface area contributed by atoms with E-state index in [2.05, 4.69) is 26.2 Å². The Morgan fingerprint density at radius 1 is 1.42 bits per heavy atom. The molecule has 0 bridgehead atoms. The third-order valence-electron chi connectivity index (χ3n) is 1.95. The van der Waals surface area contributed by atoms with Crippen LogP contribution in [-0.4, -0.2) is 35.7 Å². The van der Waals surface area contributed by atoms with Crippen LogP contribution < -0.4 is 5.32 Å². The summed E-state index contributed by atoms with van der Waals surface area (Å²) in [6.45, 7) is 6.15. The van der Waals surface area contributed by atoms with Crippen molar-refractivity contribution in [3.8, 4) is 0 Å². The Labute approximate surface area is 122 Å². The number of carbonyl (C=O) groups is 1. The number of nitrogens with zero attached hydrogens (tertiary/aromatic N) is 2. The summed E-state index contributed by atoms with van der Waals surface area (Å²) in [6.07, 6.45) is -0.506. The minimum absolute atomic E-state index is 0.473. The summed E-state index contributed by atoms with van der Waals surface area (Å²) >= 11 is 3.40. The lowest BCUT2D eigenvalue weighted by Gasteiger charge is -2.19. The summed E-state index contributed by atoms with van der Waals surface area (Å²) in [5.41, 5.74) is 0.341. The van der Waals surface area contributed by atoms with Gasteiger partial charge in [-0.05, 0) is 47.0 Å². The Bertz CT molecular complexity index is 456. The number of carbonyl (C=O) groups excluding carboxylic acids is 1. The van der Waals surface area contributed by atoms with Crippen molar-refractivity contribution in [2.75, 3.05) is 19.4 Å². The van der Waals surface area contributed by atoms with E-state index in [0.29, 0.717) is 12.4 Å². The Balaban J connectivity index is 2.78. The van der Waals surface area contributed by atoms with Crippen LogP contribution >= 0.6 is 15.9 Å². The average molecular weight is 330 g/mol. The molecule has 0 aliphatic heterocycles. The number of ether oxygens (including phenoxy) is 1. The number of hydrogen-bond donors (Lipinski definition) is 1. The van der Waals surface area contributed by atoms with Gasteiger partial charge in [0.15, 0.2) is 0 Å². The molecule has 0 aliphatic rings. The van der Waals surface area contributed by atoms with Gasteiger partial charge in [-0.3, -0.25) is 5.32 Å². The fourth-order valence-corrected chi connectivity index (χ4v) is 1.91. The van der Waals surface area contributed by atoms with E-state index < -0.39 is 11.7 Å². The number of rotatable bonds is 3. The van der Waals surface area contributed by atoms with E-state index in [4.69, 9.17) is 4.74 Å². The molecule has 0 unspecified atom stereocenters. The number of hydrogen-bond acceptors (Lipinski definition) is 4. The number of nitrogens with one attached hydrogen (secondary N) is 1. The smallest absolute Gasteiger partial charge is 0.413 e. The molecule has 0 fully saturated rings. The predicted molar refractivity (Wildman–Crippen MR) is 79.2 cm³/mol. The molecule has 0 atom stereocenters. The molecule has 1 aromatic rings. The van der Waals surface area contributed by atoms with Crippen molar-refractivity contribution in [2.45, 2.75) is 32.9 Å². The fourth-order valence-electron chi connectivity index (χ4n) is 1.43. The highest BCUT2D eigenvalue weighted by Gasteiger charge is 2.16. The molecule has 0 spiro atoms. The predicted octanol–water partition coefficient (Wildman–Crippen LogP) is 3.25. The molecule has 0 aromatic carbocycles. The van der Waals surface area contributed by atoms with Crippen molar-refractivity contribution in [1.29, 1.82) is 0 Å². The van der Waals surface area contributed by atoms with Gasteiger partial charge >= 0.3 is 6.09 Å². The van der Waals surface area contributed by atoms with Crippen LogP contribution in [0.5, 0.6) is 0 Å². The van der Waals surface area contributed by atoms with E-state index in [1.165, 1.54) is 0 Å². The zero-order valence-corrected chi connectivity index (χ0v) is 13.5. The van der Waals surface area contributed by atoms with Crippen LogP contribution in [0.15, 0.2) is 16.6 Å². The van der Waals surface area contributed by atoms with Crippen molar-refractivity contribution < 1.29 is 9.53 Å².